The Labute approximate surface area is 162 Å². The Balaban J connectivity index is 0.000000330. The van der Waals surface area contributed by atoms with Gasteiger partial charge in [0.1, 0.15) is 5.52 Å². The van der Waals surface area contributed by atoms with Gasteiger partial charge in [0.2, 0.25) is 10.0 Å². The van der Waals surface area contributed by atoms with E-state index in [0.717, 1.165) is 30.0 Å². The monoisotopic (exact) mass is 405 g/mol. The van der Waals surface area contributed by atoms with E-state index in [-0.39, 0.29) is 16.5 Å². The molecule has 2 aromatic heterocycles. The van der Waals surface area contributed by atoms with Crippen LogP contribution in [0.25, 0.3) is 21.8 Å². The predicted molar refractivity (Wildman–Crippen MR) is 107 cm³/mol. The number of H-pyrrole nitrogens is 2. The normalized spacial score (nSPS) is 14.2. The minimum absolute atomic E-state index is 0.114. The summed E-state index contributed by atoms with van der Waals surface area (Å²) in [5.41, 5.74) is 0.876. The van der Waals surface area contributed by atoms with Crippen molar-refractivity contribution < 1.29 is 18.3 Å². The summed E-state index contributed by atoms with van der Waals surface area (Å²) >= 11 is 0. The van der Waals surface area contributed by atoms with Crippen molar-refractivity contribution in [2.45, 2.75) is 43.5 Å². The molecule has 150 valence electrons. The molecule has 0 saturated heterocycles. The SMILES string of the molecule is CCCC(=O)O.CN(C1CC1)S(=O)(=O)c1ccc2[nH]c(=O)c3[nH]ccc3c2c1. The lowest BCUT2D eigenvalue weighted by molar-refractivity contribution is -0.137. The van der Waals surface area contributed by atoms with E-state index >= 15 is 0 Å². The Morgan fingerprint density at radius 1 is 1.25 bits per heavy atom. The van der Waals surface area contributed by atoms with Crippen molar-refractivity contribution in [2.75, 3.05) is 7.05 Å². The van der Waals surface area contributed by atoms with Gasteiger partial charge in [0.25, 0.3) is 5.56 Å². The van der Waals surface area contributed by atoms with Gasteiger partial charge in [0.15, 0.2) is 0 Å². The van der Waals surface area contributed by atoms with Crippen molar-refractivity contribution >= 4 is 37.8 Å². The lowest BCUT2D eigenvalue weighted by Crippen LogP contribution is -2.28. The molecule has 28 heavy (non-hydrogen) atoms. The number of carboxylic acids is 1. The fraction of sp³-hybridized carbons (Fsp3) is 0.368. The van der Waals surface area contributed by atoms with E-state index in [4.69, 9.17) is 5.11 Å². The molecule has 0 unspecified atom stereocenters. The van der Waals surface area contributed by atoms with E-state index in [1.54, 1.807) is 37.5 Å². The summed E-state index contributed by atoms with van der Waals surface area (Å²) in [6, 6.07) is 6.73. The van der Waals surface area contributed by atoms with E-state index in [0.29, 0.717) is 17.5 Å². The van der Waals surface area contributed by atoms with Crippen molar-refractivity contribution in [3.63, 3.8) is 0 Å². The molecule has 1 saturated carbocycles. The van der Waals surface area contributed by atoms with E-state index in [1.165, 1.54) is 4.31 Å². The zero-order valence-electron chi connectivity index (χ0n) is 15.7. The zero-order chi connectivity index (χ0) is 20.5. The van der Waals surface area contributed by atoms with Gasteiger partial charge in [-0.05, 0) is 43.5 Å². The Kier molecular flexibility index (Phi) is 5.57. The molecule has 0 atom stereocenters. The molecular formula is C19H23N3O5S. The van der Waals surface area contributed by atoms with E-state index in [1.807, 2.05) is 6.92 Å². The van der Waals surface area contributed by atoms with Gasteiger partial charge < -0.3 is 15.1 Å². The summed E-state index contributed by atoms with van der Waals surface area (Å²) in [5.74, 6) is -0.711. The molecule has 2 heterocycles. The van der Waals surface area contributed by atoms with Gasteiger partial charge in [-0.15, -0.1) is 0 Å². The molecule has 4 rings (SSSR count). The van der Waals surface area contributed by atoms with E-state index in [9.17, 15) is 18.0 Å². The first kappa shape index (κ1) is 20.1. The summed E-state index contributed by atoms with van der Waals surface area (Å²) in [6.07, 6.45) is 4.53. The van der Waals surface area contributed by atoms with Gasteiger partial charge >= 0.3 is 5.97 Å². The molecule has 0 amide bonds. The van der Waals surface area contributed by atoms with Gasteiger partial charge in [-0.2, -0.15) is 4.31 Å². The number of aromatic amines is 2. The number of nitrogens with zero attached hydrogens (tertiary/aromatic N) is 1. The van der Waals surface area contributed by atoms with Crippen LogP contribution in [0.15, 0.2) is 40.2 Å². The number of hydrogen-bond donors (Lipinski definition) is 3. The predicted octanol–water partition coefficient (Wildman–Crippen LogP) is 2.66. The molecule has 0 spiro atoms. The molecule has 1 aliphatic rings. The van der Waals surface area contributed by atoms with Crippen LogP contribution >= 0.6 is 0 Å². The second kappa shape index (κ2) is 7.76. The van der Waals surface area contributed by atoms with Gasteiger partial charge in [-0.25, -0.2) is 8.42 Å². The molecule has 1 fully saturated rings. The van der Waals surface area contributed by atoms with Crippen LogP contribution in [-0.4, -0.2) is 46.9 Å². The number of aromatic nitrogens is 2. The maximum absolute atomic E-state index is 12.6. The first-order valence-electron chi connectivity index (χ1n) is 9.08. The van der Waals surface area contributed by atoms with Crippen LogP contribution in [0.2, 0.25) is 0 Å². The zero-order valence-corrected chi connectivity index (χ0v) is 16.5. The first-order chi connectivity index (χ1) is 13.3. The Hall–Kier alpha value is -2.65. The standard InChI is InChI=1S/C15H15N3O3S.C4H8O2/c1-18(9-2-3-9)22(20,21)10-4-5-13-12(8-10)11-6-7-16-14(11)15(19)17-13;1-2-3-4(5)6/h4-9,16H,2-3H2,1H3,(H,17,19);2-3H2,1H3,(H,5,6). The van der Waals surface area contributed by atoms with Crippen molar-refractivity contribution in [3.05, 3.63) is 40.8 Å². The smallest absolute Gasteiger partial charge is 0.303 e. The molecule has 1 aromatic carbocycles. The third-order valence-corrected chi connectivity index (χ3v) is 6.61. The Morgan fingerprint density at radius 2 is 1.96 bits per heavy atom. The quantitative estimate of drug-likeness (QED) is 0.602. The minimum Gasteiger partial charge on any atom is -0.481 e. The number of benzene rings is 1. The molecule has 0 bridgehead atoms. The summed E-state index contributed by atoms with van der Waals surface area (Å²) in [6.45, 7) is 1.84. The average Bonchev–Trinajstić information content (AvgIpc) is 3.37. The van der Waals surface area contributed by atoms with Crippen molar-refractivity contribution in [2.24, 2.45) is 0 Å². The van der Waals surface area contributed by atoms with Gasteiger partial charge in [0, 0.05) is 42.0 Å². The number of carboxylic acid groups (broad SMARTS) is 1. The second-order valence-corrected chi connectivity index (χ2v) is 8.82. The summed E-state index contributed by atoms with van der Waals surface area (Å²) in [7, 11) is -1.88. The number of aliphatic carboxylic acids is 1. The summed E-state index contributed by atoms with van der Waals surface area (Å²) in [5, 5.41) is 9.36. The number of pyridine rings is 1. The lowest BCUT2D eigenvalue weighted by atomic mass is 10.1. The van der Waals surface area contributed by atoms with Crippen molar-refractivity contribution in [1.82, 2.24) is 14.3 Å². The summed E-state index contributed by atoms with van der Waals surface area (Å²) < 4.78 is 26.7. The van der Waals surface area contributed by atoms with Crippen molar-refractivity contribution in [3.8, 4) is 0 Å². The minimum atomic E-state index is -3.50. The van der Waals surface area contributed by atoms with Crippen molar-refractivity contribution in [1.29, 1.82) is 0 Å². The largest absolute Gasteiger partial charge is 0.481 e. The van der Waals surface area contributed by atoms with Crippen LogP contribution in [0, 0.1) is 0 Å². The fourth-order valence-corrected chi connectivity index (χ4v) is 4.44. The summed E-state index contributed by atoms with van der Waals surface area (Å²) in [4.78, 5) is 27.4. The maximum Gasteiger partial charge on any atom is 0.303 e. The fourth-order valence-electron chi connectivity index (χ4n) is 3.00. The number of fused-ring (bicyclic) bond motifs is 3. The molecule has 3 N–H and O–H groups in total. The number of hydrogen-bond acceptors (Lipinski definition) is 4. The Bertz CT molecular complexity index is 1180. The average molecular weight is 405 g/mol. The molecular weight excluding hydrogens is 382 g/mol. The Morgan fingerprint density at radius 3 is 2.54 bits per heavy atom. The molecule has 9 heteroatoms. The van der Waals surface area contributed by atoms with Crippen LogP contribution in [0.4, 0.5) is 0 Å². The highest BCUT2D eigenvalue weighted by molar-refractivity contribution is 7.89. The van der Waals surface area contributed by atoms with E-state index < -0.39 is 16.0 Å². The van der Waals surface area contributed by atoms with Crippen LogP contribution in [0.5, 0.6) is 0 Å². The molecule has 0 aliphatic heterocycles. The maximum atomic E-state index is 12.6. The highest BCUT2D eigenvalue weighted by atomic mass is 32.2. The lowest BCUT2D eigenvalue weighted by Gasteiger charge is -2.16. The number of carbonyl (C=O) groups is 1. The highest BCUT2D eigenvalue weighted by Crippen LogP contribution is 2.31. The second-order valence-electron chi connectivity index (χ2n) is 6.82. The third kappa shape index (κ3) is 3.95. The third-order valence-electron chi connectivity index (χ3n) is 4.71. The van der Waals surface area contributed by atoms with Crippen LogP contribution in [0.3, 0.4) is 0 Å². The number of rotatable bonds is 5. The highest BCUT2D eigenvalue weighted by Gasteiger charge is 2.35. The topological polar surface area (TPSA) is 123 Å². The molecule has 1 aliphatic carbocycles. The first-order valence-corrected chi connectivity index (χ1v) is 10.5. The van der Waals surface area contributed by atoms with Crippen LogP contribution < -0.4 is 5.56 Å². The van der Waals surface area contributed by atoms with Crippen LogP contribution in [0.1, 0.15) is 32.6 Å². The molecule has 8 nitrogen and oxygen atoms in total. The molecule has 0 radical (unpaired) electrons. The van der Waals surface area contributed by atoms with Gasteiger partial charge in [-0.3, -0.25) is 9.59 Å². The van der Waals surface area contributed by atoms with Gasteiger partial charge in [0.05, 0.1) is 4.90 Å². The number of sulfonamides is 1. The molecule has 3 aromatic rings. The van der Waals surface area contributed by atoms with Gasteiger partial charge in [-0.1, -0.05) is 6.92 Å². The van der Waals surface area contributed by atoms with E-state index in [2.05, 4.69) is 9.97 Å². The number of nitrogens with one attached hydrogen (secondary N) is 2. The van der Waals surface area contributed by atoms with Crippen LogP contribution in [-0.2, 0) is 14.8 Å².